The number of rotatable bonds is 12. The maximum absolute atomic E-state index is 11.4. The van der Waals surface area contributed by atoms with Crippen molar-refractivity contribution in [3.05, 3.63) is 65.1 Å². The van der Waals surface area contributed by atoms with Gasteiger partial charge in [-0.15, -0.1) is 0 Å². The lowest BCUT2D eigenvalue weighted by atomic mass is 9.88. The minimum absolute atomic E-state index is 0.0107. The molecule has 4 atom stereocenters. The molecule has 0 spiro atoms. The summed E-state index contributed by atoms with van der Waals surface area (Å²) < 4.78 is 17.6. The van der Waals surface area contributed by atoms with Crippen LogP contribution in [0.1, 0.15) is 64.4 Å². The number of hydrogen-bond acceptors (Lipinski definition) is 5. The first kappa shape index (κ1) is 25.3. The number of allylic oxidation sites excluding steroid dienone is 4. The fraction of sp³-hybridized carbons (Fsp3) is 0.655. The van der Waals surface area contributed by atoms with E-state index in [4.69, 9.17) is 14.2 Å². The normalized spacial score (nSPS) is 34.2. The van der Waals surface area contributed by atoms with Crippen molar-refractivity contribution in [3.8, 4) is 0 Å². The second-order valence-corrected chi connectivity index (χ2v) is 10.9. The van der Waals surface area contributed by atoms with Crippen molar-refractivity contribution in [2.24, 2.45) is 28.3 Å². The monoisotopic (exact) mass is 467 g/mol. The van der Waals surface area contributed by atoms with Crippen molar-refractivity contribution in [2.45, 2.75) is 77.2 Å². The molecule has 1 aliphatic carbocycles. The number of unbranched alkanes of at least 4 members (excludes halogenated alkanes) is 1. The molecule has 5 heteroatoms. The molecule has 0 N–H and O–H groups in total. The molecular weight excluding hydrogens is 426 g/mol. The smallest absolute Gasteiger partial charge is 0.282 e. The average molecular weight is 468 g/mol. The van der Waals surface area contributed by atoms with Crippen LogP contribution in [0, 0.1) is 28.1 Å². The first-order chi connectivity index (χ1) is 16.5. The lowest BCUT2D eigenvalue weighted by Gasteiger charge is -2.50. The average Bonchev–Trinajstić information content (AvgIpc) is 3.27. The van der Waals surface area contributed by atoms with Gasteiger partial charge in [0.15, 0.2) is 0 Å². The highest BCUT2D eigenvalue weighted by molar-refractivity contribution is 5.15. The Labute approximate surface area is 204 Å². The Morgan fingerprint density at radius 2 is 1.82 bits per heavy atom. The molecule has 34 heavy (non-hydrogen) atoms. The second-order valence-electron chi connectivity index (χ2n) is 10.9. The molecule has 1 saturated carbocycles. The Morgan fingerprint density at radius 1 is 1.09 bits per heavy atom. The Balaban J connectivity index is 1.19. The van der Waals surface area contributed by atoms with E-state index < -0.39 is 5.97 Å². The van der Waals surface area contributed by atoms with Gasteiger partial charge in [0.25, 0.3) is 5.97 Å². The first-order valence-electron chi connectivity index (χ1n) is 13.1. The van der Waals surface area contributed by atoms with Crippen LogP contribution in [0.2, 0.25) is 0 Å². The van der Waals surface area contributed by atoms with Gasteiger partial charge in [-0.3, -0.25) is 0 Å². The number of fused-ring (bicyclic) bond motifs is 3. The van der Waals surface area contributed by atoms with E-state index in [1.165, 1.54) is 5.56 Å². The van der Waals surface area contributed by atoms with Gasteiger partial charge in [-0.05, 0) is 68.3 Å². The minimum Gasteiger partial charge on any atom is -0.327 e. The van der Waals surface area contributed by atoms with E-state index in [0.29, 0.717) is 37.6 Å². The lowest BCUT2D eigenvalue weighted by molar-refractivity contribution is -0.467. The highest BCUT2D eigenvalue weighted by Crippen LogP contribution is 2.41. The Kier molecular flexibility index (Phi) is 8.73. The Bertz CT molecular complexity index is 811. The van der Waals surface area contributed by atoms with E-state index in [-0.39, 0.29) is 11.5 Å². The predicted molar refractivity (Wildman–Crippen MR) is 135 cm³/mol. The highest BCUT2D eigenvalue weighted by Gasteiger charge is 2.49. The van der Waals surface area contributed by atoms with Crippen molar-refractivity contribution in [3.63, 3.8) is 0 Å². The summed E-state index contributed by atoms with van der Waals surface area (Å²) in [6.45, 7) is 6.56. The van der Waals surface area contributed by atoms with Gasteiger partial charge in [0.05, 0.1) is 25.9 Å². The van der Waals surface area contributed by atoms with Crippen molar-refractivity contribution >= 4 is 0 Å². The molecule has 0 amide bonds. The fourth-order valence-corrected chi connectivity index (χ4v) is 5.37. The number of nitrogens with zero attached hydrogens (tertiary/aromatic N) is 1. The summed E-state index contributed by atoms with van der Waals surface area (Å²) in [5, 5.41) is 3.46. The largest absolute Gasteiger partial charge is 0.327 e. The van der Waals surface area contributed by atoms with Gasteiger partial charge >= 0.3 is 0 Å². The molecule has 186 valence electrons. The SMILES string of the molecule is CC(/C=C/[C@H]1CC[C@H](N=O)[C@@H]1C/C=C\CCCC12OCC(C)(CO1)CO2)CCc1ccccc1. The highest BCUT2D eigenvalue weighted by atomic mass is 16.9. The van der Waals surface area contributed by atoms with Crippen LogP contribution in [0.25, 0.3) is 0 Å². The van der Waals surface area contributed by atoms with Crippen molar-refractivity contribution in [1.82, 2.24) is 0 Å². The zero-order valence-corrected chi connectivity index (χ0v) is 20.9. The molecule has 1 unspecified atom stereocenters. The molecule has 0 radical (unpaired) electrons. The van der Waals surface area contributed by atoms with E-state index in [2.05, 4.69) is 73.7 Å². The standard InChI is InChI=1S/C29H41NO4/c1-23(13-15-24-10-6-5-7-11-24)14-16-25-17-18-27(30-31)26(25)12-8-3-4-9-19-29-32-20-28(2,21-33-29)22-34-29/h3,5-8,10-11,14,16,23,25-27H,4,9,12-13,15,17-22H2,1-2H3/b8-3-,16-14+/t23?,25-,26+,27-,28?,29?/m0/s1. The van der Waals surface area contributed by atoms with E-state index in [1.54, 1.807) is 0 Å². The van der Waals surface area contributed by atoms with Crippen molar-refractivity contribution in [2.75, 3.05) is 19.8 Å². The third-order valence-corrected chi connectivity index (χ3v) is 7.74. The molecule has 4 fully saturated rings. The zero-order valence-electron chi connectivity index (χ0n) is 20.9. The molecule has 3 aliphatic heterocycles. The fourth-order valence-electron chi connectivity index (χ4n) is 5.37. The van der Waals surface area contributed by atoms with Crippen molar-refractivity contribution in [1.29, 1.82) is 0 Å². The molecule has 1 aromatic rings. The second kappa shape index (κ2) is 11.7. The van der Waals surface area contributed by atoms with Gasteiger partial charge in [0, 0.05) is 11.8 Å². The predicted octanol–water partition coefficient (Wildman–Crippen LogP) is 6.83. The van der Waals surface area contributed by atoms with Crippen LogP contribution in [-0.4, -0.2) is 31.8 Å². The van der Waals surface area contributed by atoms with E-state index in [0.717, 1.165) is 51.4 Å². The summed E-state index contributed by atoms with van der Waals surface area (Å²) in [6.07, 6.45) is 17.0. The molecule has 3 heterocycles. The number of aryl methyl sites for hydroxylation is 1. The molecule has 4 aliphatic rings. The van der Waals surface area contributed by atoms with Gasteiger partial charge in [0.2, 0.25) is 0 Å². The summed E-state index contributed by atoms with van der Waals surface area (Å²) in [6, 6.07) is 10.6. The van der Waals surface area contributed by atoms with Gasteiger partial charge in [-0.2, -0.15) is 4.91 Å². The minimum atomic E-state index is -0.823. The molecule has 2 bridgehead atoms. The van der Waals surface area contributed by atoms with Crippen LogP contribution < -0.4 is 0 Å². The van der Waals surface area contributed by atoms with Crippen LogP contribution in [0.15, 0.2) is 59.8 Å². The van der Waals surface area contributed by atoms with Crippen LogP contribution in [0.5, 0.6) is 0 Å². The molecule has 5 rings (SSSR count). The zero-order chi connectivity index (χ0) is 23.9. The third-order valence-electron chi connectivity index (χ3n) is 7.74. The summed E-state index contributed by atoms with van der Waals surface area (Å²) in [4.78, 5) is 11.4. The molecular formula is C29H41NO4. The van der Waals surface area contributed by atoms with E-state index >= 15 is 0 Å². The topological polar surface area (TPSA) is 57.1 Å². The van der Waals surface area contributed by atoms with Crippen LogP contribution in [0.4, 0.5) is 0 Å². The molecule has 1 aromatic carbocycles. The number of benzene rings is 1. The molecule has 5 nitrogen and oxygen atoms in total. The van der Waals surface area contributed by atoms with Gasteiger partial charge < -0.3 is 14.2 Å². The maximum Gasteiger partial charge on any atom is 0.282 e. The van der Waals surface area contributed by atoms with E-state index in [9.17, 15) is 4.91 Å². The molecule has 3 saturated heterocycles. The van der Waals surface area contributed by atoms with Crippen LogP contribution in [-0.2, 0) is 20.6 Å². The van der Waals surface area contributed by atoms with Crippen LogP contribution >= 0.6 is 0 Å². The third kappa shape index (κ3) is 6.65. The number of ether oxygens (including phenoxy) is 3. The van der Waals surface area contributed by atoms with Crippen molar-refractivity contribution < 1.29 is 14.2 Å². The summed E-state index contributed by atoms with van der Waals surface area (Å²) in [5.41, 5.74) is 1.41. The van der Waals surface area contributed by atoms with E-state index in [1.807, 2.05) is 0 Å². The number of hydrogen-bond donors (Lipinski definition) is 0. The first-order valence-corrected chi connectivity index (χ1v) is 13.1. The molecule has 0 aromatic heterocycles. The summed E-state index contributed by atoms with van der Waals surface area (Å²) in [5.74, 6) is 0.466. The Morgan fingerprint density at radius 3 is 2.53 bits per heavy atom. The lowest BCUT2D eigenvalue weighted by Crippen LogP contribution is -2.58. The maximum atomic E-state index is 11.4. The van der Waals surface area contributed by atoms with Crippen LogP contribution in [0.3, 0.4) is 0 Å². The van der Waals surface area contributed by atoms with Gasteiger partial charge in [0.1, 0.15) is 0 Å². The summed E-state index contributed by atoms with van der Waals surface area (Å²) in [7, 11) is 0. The van der Waals surface area contributed by atoms with Gasteiger partial charge in [-0.25, -0.2) is 0 Å². The quantitative estimate of drug-likeness (QED) is 0.192. The number of nitroso groups, excluding NO2 is 1. The Hall–Kier alpha value is -1.82. The summed E-state index contributed by atoms with van der Waals surface area (Å²) >= 11 is 0. The van der Waals surface area contributed by atoms with Gasteiger partial charge in [-0.1, -0.05) is 73.7 Å².